The van der Waals surface area contributed by atoms with E-state index in [1.807, 2.05) is 47.4 Å². The van der Waals surface area contributed by atoms with E-state index < -0.39 is 0 Å². The van der Waals surface area contributed by atoms with Crippen LogP contribution in [0.5, 0.6) is 0 Å². The molecule has 2 fully saturated rings. The molecular formula is C23H24BrNO2. The second-order valence-corrected chi connectivity index (χ2v) is 8.65. The van der Waals surface area contributed by atoms with Gasteiger partial charge in [0.05, 0.1) is 5.41 Å². The summed E-state index contributed by atoms with van der Waals surface area (Å²) in [5, 5.41) is 0. The molecule has 2 aromatic rings. The molecule has 0 N–H and O–H groups in total. The third-order valence-corrected chi connectivity index (χ3v) is 6.75. The van der Waals surface area contributed by atoms with E-state index in [0.717, 1.165) is 47.7 Å². The van der Waals surface area contributed by atoms with Gasteiger partial charge in [0.1, 0.15) is 0 Å². The Morgan fingerprint density at radius 1 is 0.926 bits per heavy atom. The van der Waals surface area contributed by atoms with Gasteiger partial charge in [-0.2, -0.15) is 0 Å². The number of carbonyl (C=O) groups excluding carboxylic acids is 2. The van der Waals surface area contributed by atoms with Crippen LogP contribution in [0.4, 0.5) is 0 Å². The van der Waals surface area contributed by atoms with Crippen molar-refractivity contribution >= 4 is 27.6 Å². The minimum absolute atomic E-state index is 0.0291. The number of rotatable bonds is 4. The number of amides is 1. The zero-order valence-electron chi connectivity index (χ0n) is 15.4. The molecule has 2 aromatic carbocycles. The average Bonchev–Trinajstić information content (AvgIpc) is 2.69. The van der Waals surface area contributed by atoms with Crippen LogP contribution in [0, 0.1) is 5.92 Å². The largest absolute Gasteiger partial charge is 0.342 e. The van der Waals surface area contributed by atoms with Crippen LogP contribution in [0.3, 0.4) is 0 Å². The van der Waals surface area contributed by atoms with Gasteiger partial charge >= 0.3 is 0 Å². The molecule has 0 unspecified atom stereocenters. The standard InChI is InChI=1S/C23H24BrNO2/c24-20-9-7-19(8-10-20)23(13-4-14-23)22(27)25-15-11-18(12-16-25)21(26)17-5-2-1-3-6-17/h1-3,5-10,18H,4,11-16H2. The molecule has 4 heteroatoms. The first kappa shape index (κ1) is 18.4. The van der Waals surface area contributed by atoms with Crippen molar-refractivity contribution in [3.8, 4) is 0 Å². The van der Waals surface area contributed by atoms with Gasteiger partial charge < -0.3 is 4.90 Å². The third-order valence-electron chi connectivity index (χ3n) is 6.22. The van der Waals surface area contributed by atoms with Crippen molar-refractivity contribution in [1.29, 1.82) is 0 Å². The minimum Gasteiger partial charge on any atom is -0.342 e. The van der Waals surface area contributed by atoms with E-state index in [1.165, 1.54) is 0 Å². The van der Waals surface area contributed by atoms with Crippen LogP contribution >= 0.6 is 15.9 Å². The summed E-state index contributed by atoms with van der Waals surface area (Å²) in [4.78, 5) is 28.0. The van der Waals surface area contributed by atoms with Crippen LogP contribution in [-0.2, 0) is 10.2 Å². The monoisotopic (exact) mass is 425 g/mol. The molecular weight excluding hydrogens is 402 g/mol. The van der Waals surface area contributed by atoms with E-state index in [1.54, 1.807) is 0 Å². The maximum Gasteiger partial charge on any atom is 0.233 e. The number of carbonyl (C=O) groups is 2. The number of piperidine rings is 1. The van der Waals surface area contributed by atoms with Crippen molar-refractivity contribution in [2.75, 3.05) is 13.1 Å². The fourth-order valence-corrected chi connectivity index (χ4v) is 4.68. The number of halogens is 1. The Labute approximate surface area is 168 Å². The zero-order valence-corrected chi connectivity index (χ0v) is 17.0. The van der Waals surface area contributed by atoms with Gasteiger partial charge in [-0.25, -0.2) is 0 Å². The maximum absolute atomic E-state index is 13.4. The molecule has 0 spiro atoms. The SMILES string of the molecule is O=C(c1ccccc1)C1CCN(C(=O)C2(c3ccc(Br)cc3)CCC2)CC1. The number of hydrogen-bond donors (Lipinski definition) is 0. The molecule has 1 aliphatic heterocycles. The Bertz CT molecular complexity index is 819. The predicted molar refractivity (Wildman–Crippen MR) is 110 cm³/mol. The van der Waals surface area contributed by atoms with Crippen molar-refractivity contribution in [1.82, 2.24) is 4.90 Å². The number of likely N-dealkylation sites (tertiary alicyclic amines) is 1. The number of hydrogen-bond acceptors (Lipinski definition) is 2. The fourth-order valence-electron chi connectivity index (χ4n) is 4.41. The van der Waals surface area contributed by atoms with Crippen LogP contribution < -0.4 is 0 Å². The molecule has 0 aromatic heterocycles. The molecule has 1 amide bonds. The molecule has 2 aliphatic rings. The van der Waals surface area contributed by atoms with Gasteiger partial charge in [0, 0.05) is 29.0 Å². The molecule has 0 bridgehead atoms. The number of benzene rings is 2. The highest BCUT2D eigenvalue weighted by Crippen LogP contribution is 2.46. The number of Topliss-reactive ketones (excluding diaryl/α,β-unsaturated/α-hetero) is 1. The van der Waals surface area contributed by atoms with E-state index in [2.05, 4.69) is 28.1 Å². The highest BCUT2D eigenvalue weighted by Gasteiger charge is 2.48. The Morgan fingerprint density at radius 3 is 2.11 bits per heavy atom. The Morgan fingerprint density at radius 2 is 1.56 bits per heavy atom. The topological polar surface area (TPSA) is 37.4 Å². The highest BCUT2D eigenvalue weighted by molar-refractivity contribution is 9.10. The Balaban J connectivity index is 1.44. The lowest BCUT2D eigenvalue weighted by Gasteiger charge is -2.45. The van der Waals surface area contributed by atoms with Crippen LogP contribution in [-0.4, -0.2) is 29.7 Å². The summed E-state index contributed by atoms with van der Waals surface area (Å²) in [6.45, 7) is 1.36. The van der Waals surface area contributed by atoms with Gasteiger partial charge in [0.2, 0.25) is 5.91 Å². The van der Waals surface area contributed by atoms with Gasteiger partial charge in [-0.05, 0) is 43.4 Å². The van der Waals surface area contributed by atoms with Gasteiger partial charge in [0.25, 0.3) is 0 Å². The van der Waals surface area contributed by atoms with E-state index >= 15 is 0 Å². The molecule has 1 saturated carbocycles. The van der Waals surface area contributed by atoms with Crippen LogP contribution in [0.15, 0.2) is 59.1 Å². The lowest BCUT2D eigenvalue weighted by Crippen LogP contribution is -2.53. The highest BCUT2D eigenvalue weighted by atomic mass is 79.9. The van der Waals surface area contributed by atoms with E-state index in [4.69, 9.17) is 0 Å². The molecule has 0 atom stereocenters. The van der Waals surface area contributed by atoms with Crippen molar-refractivity contribution in [2.24, 2.45) is 5.92 Å². The van der Waals surface area contributed by atoms with Gasteiger partial charge in [-0.15, -0.1) is 0 Å². The number of nitrogens with zero attached hydrogens (tertiary/aromatic N) is 1. The molecule has 3 nitrogen and oxygen atoms in total. The third kappa shape index (κ3) is 3.47. The van der Waals surface area contributed by atoms with E-state index in [-0.39, 0.29) is 23.0 Å². The Hall–Kier alpha value is -1.94. The predicted octanol–water partition coefficient (Wildman–Crippen LogP) is 4.99. The van der Waals surface area contributed by atoms with Crippen LogP contribution in [0.2, 0.25) is 0 Å². The zero-order chi connectivity index (χ0) is 18.9. The second kappa shape index (κ2) is 7.59. The molecule has 27 heavy (non-hydrogen) atoms. The van der Waals surface area contributed by atoms with E-state index in [9.17, 15) is 9.59 Å². The van der Waals surface area contributed by atoms with Crippen molar-refractivity contribution in [2.45, 2.75) is 37.5 Å². The first-order valence-corrected chi connectivity index (χ1v) is 10.5. The van der Waals surface area contributed by atoms with Gasteiger partial charge in [0.15, 0.2) is 5.78 Å². The van der Waals surface area contributed by atoms with Gasteiger partial charge in [-0.1, -0.05) is 64.8 Å². The molecule has 0 radical (unpaired) electrons. The normalized spacial score (nSPS) is 19.4. The molecule has 1 aliphatic carbocycles. The average molecular weight is 426 g/mol. The molecule has 1 saturated heterocycles. The molecule has 140 valence electrons. The summed E-state index contributed by atoms with van der Waals surface area (Å²) in [6.07, 6.45) is 4.48. The van der Waals surface area contributed by atoms with Crippen molar-refractivity contribution in [3.63, 3.8) is 0 Å². The molecule has 1 heterocycles. The first-order chi connectivity index (χ1) is 13.1. The van der Waals surface area contributed by atoms with Crippen LogP contribution in [0.1, 0.15) is 48.0 Å². The van der Waals surface area contributed by atoms with Crippen molar-refractivity contribution < 1.29 is 9.59 Å². The fraction of sp³-hybridized carbons (Fsp3) is 0.391. The Kier molecular flexibility index (Phi) is 5.18. The summed E-state index contributed by atoms with van der Waals surface area (Å²) < 4.78 is 1.04. The maximum atomic E-state index is 13.4. The lowest BCUT2D eigenvalue weighted by molar-refractivity contribution is -0.142. The smallest absolute Gasteiger partial charge is 0.233 e. The van der Waals surface area contributed by atoms with Gasteiger partial charge in [-0.3, -0.25) is 9.59 Å². The summed E-state index contributed by atoms with van der Waals surface area (Å²) in [7, 11) is 0. The van der Waals surface area contributed by atoms with Crippen LogP contribution in [0.25, 0.3) is 0 Å². The quantitative estimate of drug-likeness (QED) is 0.646. The first-order valence-electron chi connectivity index (χ1n) is 9.75. The van der Waals surface area contributed by atoms with Crippen molar-refractivity contribution in [3.05, 3.63) is 70.2 Å². The summed E-state index contributed by atoms with van der Waals surface area (Å²) in [6, 6.07) is 17.7. The molecule has 4 rings (SSSR count). The summed E-state index contributed by atoms with van der Waals surface area (Å²) in [5.41, 5.74) is 1.56. The van der Waals surface area contributed by atoms with E-state index in [0.29, 0.717) is 13.1 Å². The summed E-state index contributed by atoms with van der Waals surface area (Å²) >= 11 is 3.48. The summed E-state index contributed by atoms with van der Waals surface area (Å²) in [5.74, 6) is 0.497. The lowest BCUT2D eigenvalue weighted by atomic mass is 9.63. The number of ketones is 1. The minimum atomic E-state index is -0.350. The second-order valence-electron chi connectivity index (χ2n) is 7.74.